The van der Waals surface area contributed by atoms with Gasteiger partial charge in [-0.25, -0.2) is 5.43 Å². The van der Waals surface area contributed by atoms with Gasteiger partial charge in [-0.2, -0.15) is 5.10 Å². The maximum atomic E-state index is 12.0. The molecule has 0 spiro atoms. The summed E-state index contributed by atoms with van der Waals surface area (Å²) in [6.45, 7) is 3.53. The maximum Gasteiger partial charge on any atom is 0.280 e. The van der Waals surface area contributed by atoms with Crippen molar-refractivity contribution in [3.63, 3.8) is 0 Å². The van der Waals surface area contributed by atoms with Crippen LogP contribution in [0.3, 0.4) is 0 Å². The number of methoxy groups -OCH3 is 1. The lowest BCUT2D eigenvalue weighted by Crippen LogP contribution is -2.33. The SMILES string of the molecule is COc1cccc(C=NNC(=O)C(C)Oc2ccc(Cl)cc2C)c1. The zero-order chi connectivity index (χ0) is 17.5. The summed E-state index contributed by atoms with van der Waals surface area (Å²) in [5, 5.41) is 4.56. The summed E-state index contributed by atoms with van der Waals surface area (Å²) in [6.07, 6.45) is 0.855. The molecule has 0 aromatic heterocycles. The number of hydrazone groups is 1. The van der Waals surface area contributed by atoms with Gasteiger partial charge in [0.25, 0.3) is 5.91 Å². The van der Waals surface area contributed by atoms with Crippen molar-refractivity contribution in [1.29, 1.82) is 0 Å². The fraction of sp³-hybridized carbons (Fsp3) is 0.222. The van der Waals surface area contributed by atoms with E-state index >= 15 is 0 Å². The summed E-state index contributed by atoms with van der Waals surface area (Å²) in [7, 11) is 1.59. The first-order chi connectivity index (χ1) is 11.5. The van der Waals surface area contributed by atoms with E-state index in [2.05, 4.69) is 10.5 Å². The van der Waals surface area contributed by atoms with Crippen molar-refractivity contribution in [2.75, 3.05) is 7.11 Å². The van der Waals surface area contributed by atoms with Gasteiger partial charge in [0.15, 0.2) is 6.10 Å². The number of ether oxygens (including phenoxy) is 2. The highest BCUT2D eigenvalue weighted by molar-refractivity contribution is 6.30. The van der Waals surface area contributed by atoms with E-state index in [1.807, 2.05) is 31.2 Å². The number of hydrogen-bond acceptors (Lipinski definition) is 4. The van der Waals surface area contributed by atoms with Crippen LogP contribution in [0.15, 0.2) is 47.6 Å². The molecule has 0 saturated heterocycles. The molecule has 0 bridgehead atoms. The Labute approximate surface area is 146 Å². The van der Waals surface area contributed by atoms with E-state index in [0.29, 0.717) is 10.8 Å². The smallest absolute Gasteiger partial charge is 0.280 e. The molecule has 1 atom stereocenters. The Hall–Kier alpha value is -2.53. The molecule has 1 amide bonds. The molecule has 2 aromatic rings. The number of rotatable bonds is 6. The van der Waals surface area contributed by atoms with Crippen LogP contribution in [0.5, 0.6) is 11.5 Å². The first-order valence-corrected chi connectivity index (χ1v) is 7.77. The van der Waals surface area contributed by atoms with Crippen LogP contribution in [0.1, 0.15) is 18.1 Å². The predicted octanol–water partition coefficient (Wildman–Crippen LogP) is 3.57. The maximum absolute atomic E-state index is 12.0. The first-order valence-electron chi connectivity index (χ1n) is 7.39. The van der Waals surface area contributed by atoms with Crippen molar-refractivity contribution in [1.82, 2.24) is 5.43 Å². The second-order valence-corrected chi connectivity index (χ2v) is 5.62. The minimum atomic E-state index is -0.688. The summed E-state index contributed by atoms with van der Waals surface area (Å²) in [5.74, 6) is 0.988. The van der Waals surface area contributed by atoms with E-state index in [4.69, 9.17) is 21.1 Å². The minimum Gasteiger partial charge on any atom is -0.497 e. The predicted molar refractivity (Wildman–Crippen MR) is 95.0 cm³/mol. The molecule has 1 unspecified atom stereocenters. The van der Waals surface area contributed by atoms with Gasteiger partial charge in [-0.1, -0.05) is 23.7 Å². The fourth-order valence-corrected chi connectivity index (χ4v) is 2.20. The summed E-state index contributed by atoms with van der Waals surface area (Å²) < 4.78 is 10.8. The number of nitrogens with zero attached hydrogens (tertiary/aromatic N) is 1. The van der Waals surface area contributed by atoms with Crippen molar-refractivity contribution >= 4 is 23.7 Å². The zero-order valence-corrected chi connectivity index (χ0v) is 14.5. The lowest BCUT2D eigenvalue weighted by molar-refractivity contribution is -0.127. The molecule has 0 saturated carbocycles. The lowest BCUT2D eigenvalue weighted by atomic mass is 10.2. The Kier molecular flexibility index (Phi) is 6.21. The van der Waals surface area contributed by atoms with Crippen molar-refractivity contribution in [2.24, 2.45) is 5.10 Å². The van der Waals surface area contributed by atoms with Gasteiger partial charge in [0.05, 0.1) is 13.3 Å². The topological polar surface area (TPSA) is 59.9 Å². The van der Waals surface area contributed by atoms with E-state index in [9.17, 15) is 4.79 Å². The molecule has 0 fully saturated rings. The van der Waals surface area contributed by atoms with Crippen molar-refractivity contribution in [3.05, 3.63) is 58.6 Å². The second-order valence-electron chi connectivity index (χ2n) is 5.18. The summed E-state index contributed by atoms with van der Waals surface area (Å²) in [6, 6.07) is 12.6. The number of hydrogen-bond donors (Lipinski definition) is 1. The van der Waals surface area contributed by atoms with Gasteiger partial charge in [0.2, 0.25) is 0 Å². The van der Waals surface area contributed by atoms with Gasteiger partial charge >= 0.3 is 0 Å². The third-order valence-corrected chi connectivity index (χ3v) is 3.53. The average Bonchev–Trinajstić information content (AvgIpc) is 2.57. The second kappa shape index (κ2) is 8.36. The number of amides is 1. The molecule has 0 radical (unpaired) electrons. The molecule has 0 aliphatic heterocycles. The highest BCUT2D eigenvalue weighted by atomic mass is 35.5. The molecule has 0 aliphatic carbocycles. The average molecular weight is 347 g/mol. The van der Waals surface area contributed by atoms with Gasteiger partial charge < -0.3 is 9.47 Å². The Morgan fingerprint density at radius 2 is 2.08 bits per heavy atom. The Morgan fingerprint density at radius 3 is 2.79 bits per heavy atom. The molecule has 1 N–H and O–H groups in total. The zero-order valence-electron chi connectivity index (χ0n) is 13.7. The fourth-order valence-electron chi connectivity index (χ4n) is 1.97. The van der Waals surface area contributed by atoms with Gasteiger partial charge in [0, 0.05) is 5.02 Å². The van der Waals surface area contributed by atoms with E-state index in [1.165, 1.54) is 0 Å². The molecule has 126 valence electrons. The van der Waals surface area contributed by atoms with Crippen molar-refractivity contribution in [3.8, 4) is 11.5 Å². The minimum absolute atomic E-state index is 0.344. The van der Waals surface area contributed by atoms with Crippen LogP contribution >= 0.6 is 11.6 Å². The van der Waals surface area contributed by atoms with Crippen molar-refractivity contribution < 1.29 is 14.3 Å². The van der Waals surface area contributed by atoms with E-state index < -0.39 is 6.10 Å². The quantitative estimate of drug-likeness (QED) is 0.642. The van der Waals surface area contributed by atoms with Crippen LogP contribution in [0, 0.1) is 6.92 Å². The molecule has 2 rings (SSSR count). The molecular weight excluding hydrogens is 328 g/mol. The van der Waals surface area contributed by atoms with Gasteiger partial charge in [-0.15, -0.1) is 0 Å². The van der Waals surface area contributed by atoms with Crippen LogP contribution in [0.2, 0.25) is 5.02 Å². The van der Waals surface area contributed by atoms with E-state index in [-0.39, 0.29) is 5.91 Å². The summed E-state index contributed by atoms with van der Waals surface area (Å²) in [5.41, 5.74) is 4.14. The summed E-state index contributed by atoms with van der Waals surface area (Å²) in [4.78, 5) is 12.0. The molecule has 24 heavy (non-hydrogen) atoms. The van der Waals surface area contributed by atoms with Crippen LogP contribution in [-0.2, 0) is 4.79 Å². The molecular formula is C18H19ClN2O3. The number of benzene rings is 2. The van der Waals surface area contributed by atoms with Gasteiger partial charge in [-0.05, 0) is 55.3 Å². The summed E-state index contributed by atoms with van der Waals surface area (Å²) >= 11 is 5.90. The number of halogens is 1. The van der Waals surface area contributed by atoms with Crippen LogP contribution in [0.4, 0.5) is 0 Å². The van der Waals surface area contributed by atoms with Crippen LogP contribution < -0.4 is 14.9 Å². The first kappa shape index (κ1) is 17.8. The third kappa shape index (κ3) is 4.99. The van der Waals surface area contributed by atoms with Crippen LogP contribution in [-0.4, -0.2) is 25.3 Å². The van der Waals surface area contributed by atoms with Crippen molar-refractivity contribution in [2.45, 2.75) is 20.0 Å². The molecule has 0 aliphatic rings. The number of nitrogens with one attached hydrogen (secondary N) is 1. The Balaban J connectivity index is 1.92. The molecule has 0 heterocycles. The van der Waals surface area contributed by atoms with E-state index in [0.717, 1.165) is 16.9 Å². The highest BCUT2D eigenvalue weighted by Crippen LogP contribution is 2.22. The van der Waals surface area contributed by atoms with Gasteiger partial charge in [-0.3, -0.25) is 4.79 Å². The number of aryl methyl sites for hydroxylation is 1. The number of carbonyl (C=O) groups excluding carboxylic acids is 1. The molecule has 2 aromatic carbocycles. The monoisotopic (exact) mass is 346 g/mol. The molecule has 6 heteroatoms. The normalized spacial score (nSPS) is 12.0. The largest absolute Gasteiger partial charge is 0.497 e. The third-order valence-electron chi connectivity index (χ3n) is 3.29. The lowest BCUT2D eigenvalue weighted by Gasteiger charge is -2.14. The Bertz CT molecular complexity index is 747. The van der Waals surface area contributed by atoms with Crippen LogP contribution in [0.25, 0.3) is 0 Å². The standard InChI is InChI=1S/C18H19ClN2O3/c1-12-9-15(19)7-8-17(12)24-13(2)18(22)21-20-11-14-5-4-6-16(10-14)23-3/h4-11,13H,1-3H3,(H,21,22). The molecule has 5 nitrogen and oxygen atoms in total. The Morgan fingerprint density at radius 1 is 1.29 bits per heavy atom. The van der Waals surface area contributed by atoms with Gasteiger partial charge in [0.1, 0.15) is 11.5 Å². The number of carbonyl (C=O) groups is 1. The highest BCUT2D eigenvalue weighted by Gasteiger charge is 2.15. The van der Waals surface area contributed by atoms with E-state index in [1.54, 1.807) is 38.4 Å².